The van der Waals surface area contributed by atoms with Crippen LogP contribution in [0.3, 0.4) is 0 Å². The molecule has 1 amide bonds. The minimum Gasteiger partial charge on any atom is -0.415 e. The molecule has 0 unspecified atom stereocenters. The Kier molecular flexibility index (Phi) is 4.86. The van der Waals surface area contributed by atoms with Crippen molar-refractivity contribution >= 4 is 11.5 Å². The summed E-state index contributed by atoms with van der Waals surface area (Å²) in [5, 5.41) is 8.35. The fraction of sp³-hybridized carbons (Fsp3) is 0.348. The zero-order chi connectivity index (χ0) is 20.5. The van der Waals surface area contributed by atoms with E-state index in [0.717, 1.165) is 48.3 Å². The molecular formula is C23H25N5O2. The van der Waals surface area contributed by atoms with Gasteiger partial charge in [0, 0.05) is 26.0 Å². The molecule has 0 bridgehead atoms. The molecule has 2 aliphatic rings. The average molecular weight is 403 g/mol. The van der Waals surface area contributed by atoms with Crippen molar-refractivity contribution in [2.45, 2.75) is 32.6 Å². The zero-order valence-electron chi connectivity index (χ0n) is 16.9. The highest BCUT2D eigenvalue weighted by Gasteiger charge is 2.30. The van der Waals surface area contributed by atoms with Crippen LogP contribution in [0, 0.1) is 12.8 Å². The molecule has 1 aromatic carbocycles. The van der Waals surface area contributed by atoms with Crippen LogP contribution in [0.2, 0.25) is 0 Å². The van der Waals surface area contributed by atoms with E-state index in [4.69, 9.17) is 9.40 Å². The van der Waals surface area contributed by atoms with Gasteiger partial charge in [-0.3, -0.25) is 9.78 Å². The molecule has 0 spiro atoms. The lowest BCUT2D eigenvalue weighted by Gasteiger charge is -2.33. The van der Waals surface area contributed by atoms with E-state index < -0.39 is 0 Å². The Balaban J connectivity index is 0.00000231. The van der Waals surface area contributed by atoms with Gasteiger partial charge in [-0.15, -0.1) is 10.2 Å². The number of hydrogen-bond donors (Lipinski definition) is 0. The summed E-state index contributed by atoms with van der Waals surface area (Å²) in [5.41, 5.74) is 4.09. The second-order valence-corrected chi connectivity index (χ2v) is 7.86. The lowest BCUT2D eigenvalue weighted by molar-refractivity contribution is -0.137. The van der Waals surface area contributed by atoms with E-state index in [9.17, 15) is 4.79 Å². The summed E-state index contributed by atoms with van der Waals surface area (Å²) in [7, 11) is 0. The van der Waals surface area contributed by atoms with E-state index >= 15 is 0 Å². The Morgan fingerprint density at radius 2 is 1.97 bits per heavy atom. The number of hydrogen-bond acceptors (Lipinski definition) is 6. The van der Waals surface area contributed by atoms with Crippen LogP contribution in [0.5, 0.6) is 0 Å². The molecule has 1 aliphatic carbocycles. The number of nitrogens with zero attached hydrogens (tertiary/aromatic N) is 5. The fourth-order valence-corrected chi connectivity index (χ4v) is 3.84. The molecular weight excluding hydrogens is 378 g/mol. The van der Waals surface area contributed by atoms with Crippen LogP contribution in [0.1, 0.15) is 38.5 Å². The van der Waals surface area contributed by atoms with Gasteiger partial charge in [-0.05, 0) is 43.9 Å². The zero-order valence-corrected chi connectivity index (χ0v) is 16.9. The van der Waals surface area contributed by atoms with E-state index in [1.165, 1.54) is 6.42 Å². The Hall–Kier alpha value is -3.35. The first-order valence-electron chi connectivity index (χ1n) is 10.4. The maximum atomic E-state index is 12.5. The number of amides is 1. The highest BCUT2D eigenvalue weighted by atomic mass is 16.4. The maximum Gasteiger partial charge on any atom is 0.268 e. The molecule has 30 heavy (non-hydrogen) atoms. The quantitative estimate of drug-likeness (QED) is 0.650. The molecule has 1 fully saturated rings. The van der Waals surface area contributed by atoms with E-state index in [2.05, 4.69) is 21.3 Å². The number of aromatic nitrogens is 4. The third-order valence-electron chi connectivity index (χ3n) is 5.91. The van der Waals surface area contributed by atoms with Gasteiger partial charge in [0.25, 0.3) is 5.89 Å². The van der Waals surface area contributed by atoms with Crippen molar-refractivity contribution in [2.75, 3.05) is 13.1 Å². The Bertz CT molecular complexity index is 1110. The summed E-state index contributed by atoms with van der Waals surface area (Å²) >= 11 is 0. The van der Waals surface area contributed by atoms with Gasteiger partial charge < -0.3 is 9.32 Å². The van der Waals surface area contributed by atoms with E-state index in [-0.39, 0.29) is 7.34 Å². The second kappa shape index (κ2) is 7.82. The molecule has 0 radical (unpaired) electrons. The van der Waals surface area contributed by atoms with Gasteiger partial charge >= 0.3 is 0 Å². The third kappa shape index (κ3) is 3.51. The first-order valence-corrected chi connectivity index (χ1v) is 10.4. The van der Waals surface area contributed by atoms with Crippen LogP contribution in [0.25, 0.3) is 28.6 Å². The van der Waals surface area contributed by atoms with Crippen molar-refractivity contribution in [2.24, 2.45) is 5.92 Å². The molecule has 7 heteroatoms. The van der Waals surface area contributed by atoms with Crippen LogP contribution in [-0.2, 0) is 4.79 Å². The van der Waals surface area contributed by atoms with Crippen molar-refractivity contribution in [1.29, 1.82) is 0 Å². The third-order valence-corrected chi connectivity index (χ3v) is 5.91. The van der Waals surface area contributed by atoms with Crippen LogP contribution >= 0.6 is 0 Å². The molecule has 3 aromatic rings. The number of carbonyl (C=O) groups is 1. The van der Waals surface area contributed by atoms with E-state index in [0.29, 0.717) is 29.9 Å². The predicted octanol–water partition coefficient (Wildman–Crippen LogP) is 4.16. The summed E-state index contributed by atoms with van der Waals surface area (Å²) in [4.78, 5) is 23.7. The molecule has 0 atom stereocenters. The SMILES string of the molecule is Cc1ncc(C2=CCN(C(=O)C3CCC3)CC2)nc1-c1nnc(-c2ccccc2)o1.[HH]. The normalized spacial score (nSPS) is 16.8. The van der Waals surface area contributed by atoms with E-state index in [1.54, 1.807) is 6.20 Å². The van der Waals surface area contributed by atoms with Crippen molar-refractivity contribution in [3.8, 4) is 23.0 Å². The summed E-state index contributed by atoms with van der Waals surface area (Å²) in [6.45, 7) is 3.24. The van der Waals surface area contributed by atoms with Crippen molar-refractivity contribution in [1.82, 2.24) is 25.1 Å². The topological polar surface area (TPSA) is 85.0 Å². The van der Waals surface area contributed by atoms with Gasteiger partial charge in [0.1, 0.15) is 5.69 Å². The van der Waals surface area contributed by atoms with Gasteiger partial charge in [0.05, 0.1) is 17.6 Å². The smallest absolute Gasteiger partial charge is 0.268 e. The molecule has 2 aromatic heterocycles. The maximum absolute atomic E-state index is 12.5. The standard InChI is InChI=1S/C23H23N5O2.H2/c1-15-20(22-27-26-21(30-22)17-6-3-2-4-7-17)25-19(14-24-15)16-10-12-28(13-11-16)23(29)18-8-5-9-18;/h2-4,6-7,10,14,18H,5,8-9,11-13H2,1H3;1H. The van der Waals surface area contributed by atoms with Crippen molar-refractivity contribution < 1.29 is 10.6 Å². The number of rotatable bonds is 4. The number of aryl methyl sites for hydroxylation is 1. The predicted molar refractivity (Wildman–Crippen MR) is 114 cm³/mol. The van der Waals surface area contributed by atoms with Gasteiger partial charge in [-0.25, -0.2) is 4.98 Å². The summed E-state index contributed by atoms with van der Waals surface area (Å²) in [6, 6.07) is 9.66. The van der Waals surface area contributed by atoms with Crippen LogP contribution < -0.4 is 0 Å². The van der Waals surface area contributed by atoms with Crippen LogP contribution in [0.15, 0.2) is 47.0 Å². The van der Waals surface area contributed by atoms with Gasteiger partial charge in [-0.1, -0.05) is 30.7 Å². The van der Waals surface area contributed by atoms with Crippen LogP contribution in [-0.4, -0.2) is 44.1 Å². The Labute approximate surface area is 176 Å². The molecule has 0 saturated heterocycles. The minimum absolute atomic E-state index is 0. The Morgan fingerprint density at radius 3 is 2.67 bits per heavy atom. The molecule has 154 valence electrons. The monoisotopic (exact) mass is 403 g/mol. The highest BCUT2D eigenvalue weighted by molar-refractivity contribution is 5.81. The Morgan fingerprint density at radius 1 is 1.17 bits per heavy atom. The first kappa shape index (κ1) is 18.7. The first-order chi connectivity index (χ1) is 14.7. The molecule has 1 aliphatic heterocycles. The van der Waals surface area contributed by atoms with Gasteiger partial charge in [-0.2, -0.15) is 0 Å². The summed E-state index contributed by atoms with van der Waals surface area (Å²) in [5.74, 6) is 1.35. The summed E-state index contributed by atoms with van der Waals surface area (Å²) < 4.78 is 5.88. The molecule has 3 heterocycles. The lowest BCUT2D eigenvalue weighted by Crippen LogP contribution is -2.41. The lowest BCUT2D eigenvalue weighted by atomic mass is 9.84. The van der Waals surface area contributed by atoms with Gasteiger partial charge in [0.2, 0.25) is 11.8 Å². The molecule has 7 nitrogen and oxygen atoms in total. The fourth-order valence-electron chi connectivity index (χ4n) is 3.84. The molecule has 5 rings (SSSR count). The summed E-state index contributed by atoms with van der Waals surface area (Å²) in [6.07, 6.45) is 7.89. The highest BCUT2D eigenvalue weighted by Crippen LogP contribution is 2.31. The number of benzene rings is 1. The second-order valence-electron chi connectivity index (χ2n) is 7.86. The minimum atomic E-state index is 0. The largest absolute Gasteiger partial charge is 0.415 e. The number of carbonyl (C=O) groups excluding carboxylic acids is 1. The van der Waals surface area contributed by atoms with E-state index in [1.807, 2.05) is 42.2 Å². The molecule has 0 N–H and O–H groups in total. The average Bonchev–Trinajstić information content (AvgIpc) is 3.24. The van der Waals surface area contributed by atoms with Crippen molar-refractivity contribution in [3.63, 3.8) is 0 Å². The van der Waals surface area contributed by atoms with Crippen molar-refractivity contribution in [3.05, 3.63) is 54.0 Å². The van der Waals surface area contributed by atoms with Gasteiger partial charge in [0.15, 0.2) is 0 Å². The van der Waals surface area contributed by atoms with Crippen LogP contribution in [0.4, 0.5) is 0 Å². The molecule has 1 saturated carbocycles.